The van der Waals surface area contributed by atoms with E-state index in [0.29, 0.717) is 25.7 Å². The quantitative estimate of drug-likeness (QED) is 0.0182. The Morgan fingerprint density at radius 3 is 1.93 bits per heavy atom. The highest BCUT2D eigenvalue weighted by molar-refractivity contribution is 7.47. The highest BCUT2D eigenvalue weighted by Crippen LogP contribution is 2.43. The van der Waals surface area contributed by atoms with Crippen LogP contribution in [0.3, 0.4) is 0 Å². The minimum Gasteiger partial charge on any atom is -0.462 e. The molecule has 11 heteroatoms. The summed E-state index contributed by atoms with van der Waals surface area (Å²) >= 11 is 0. The number of phosphoric ester groups is 1. The van der Waals surface area contributed by atoms with E-state index in [1.807, 2.05) is 55.5 Å². The van der Waals surface area contributed by atoms with Crippen LogP contribution in [0.4, 0.5) is 0 Å². The van der Waals surface area contributed by atoms with Crippen LogP contribution in [0.15, 0.2) is 72.9 Å². The first kappa shape index (κ1) is 51.4. The van der Waals surface area contributed by atoms with Crippen LogP contribution in [-0.2, 0) is 32.7 Å². The van der Waals surface area contributed by atoms with Crippen LogP contribution in [0.25, 0.3) is 0 Å². The maximum atomic E-state index is 12.5. The molecule has 0 aromatic carbocycles. The molecule has 0 heterocycles. The normalized spacial score (nSPS) is 14.7. The molecule has 0 aromatic heterocycles. The van der Waals surface area contributed by atoms with Gasteiger partial charge in [0.25, 0.3) is 0 Å². The number of aliphatic hydroxyl groups excluding tert-OH is 1. The predicted octanol–water partition coefficient (Wildman–Crippen LogP) is 10.5. The van der Waals surface area contributed by atoms with Gasteiger partial charge in [-0.1, -0.05) is 138 Å². The zero-order valence-corrected chi connectivity index (χ0v) is 34.4. The highest BCUT2D eigenvalue weighted by atomic mass is 31.2. The van der Waals surface area contributed by atoms with Crippen molar-refractivity contribution in [3.05, 3.63) is 72.9 Å². The third-order valence-electron chi connectivity index (χ3n) is 8.15. The summed E-state index contributed by atoms with van der Waals surface area (Å²) in [5.74, 6) is -0.937. The van der Waals surface area contributed by atoms with Crippen LogP contribution < -0.4 is 5.73 Å². The maximum Gasteiger partial charge on any atom is 0.472 e. The fourth-order valence-electron chi connectivity index (χ4n) is 5.10. The van der Waals surface area contributed by atoms with Crippen molar-refractivity contribution in [3.63, 3.8) is 0 Å². The number of aliphatic hydroxyl groups is 1. The van der Waals surface area contributed by atoms with Gasteiger partial charge in [0.1, 0.15) is 6.61 Å². The van der Waals surface area contributed by atoms with Crippen molar-refractivity contribution >= 4 is 19.8 Å². The summed E-state index contributed by atoms with van der Waals surface area (Å²) in [6.07, 6.45) is 42.8. The topological polar surface area (TPSA) is 155 Å². The number of ether oxygens (including phenoxy) is 2. The molecule has 54 heavy (non-hydrogen) atoms. The van der Waals surface area contributed by atoms with Crippen LogP contribution >= 0.6 is 7.82 Å². The second-order valence-corrected chi connectivity index (χ2v) is 14.8. The Morgan fingerprint density at radius 2 is 1.24 bits per heavy atom. The largest absolute Gasteiger partial charge is 0.472 e. The van der Waals surface area contributed by atoms with Crippen LogP contribution in [0.2, 0.25) is 0 Å². The summed E-state index contributed by atoms with van der Waals surface area (Å²) in [5.41, 5.74) is 5.33. The Balaban J connectivity index is 4.35. The minimum atomic E-state index is -4.41. The zero-order valence-electron chi connectivity index (χ0n) is 33.5. The van der Waals surface area contributed by atoms with Gasteiger partial charge in [0.05, 0.1) is 19.3 Å². The van der Waals surface area contributed by atoms with Crippen LogP contribution in [-0.4, -0.2) is 60.5 Å². The standard InChI is InChI=1S/C43H74NO9P/c1-3-5-7-8-9-10-11-12-13-14-18-21-24-27-30-34-42(46)50-38-41(39-52-54(48,49)51-37-36-44)53-43(47)35-31-28-25-22-19-16-15-17-20-23-26-29-33-40(45)32-6-4-2/h6,12-13,15-16,20,22-23,25-26,29,32,40-41,45H,3-5,7-11,14,17-19,21,24,27-28,30-31,33-39,44H2,1-2H3,(H,48,49)/b13-12-,16-15-,23-20-,25-22-,29-26+,32-6-/t40?,41-/m1/s1. The zero-order chi connectivity index (χ0) is 39.8. The number of allylic oxidation sites excluding steroid dienone is 10. The Hall–Kier alpha value is -2.59. The summed E-state index contributed by atoms with van der Waals surface area (Å²) in [6, 6.07) is 0. The highest BCUT2D eigenvalue weighted by Gasteiger charge is 2.25. The number of esters is 2. The van der Waals surface area contributed by atoms with E-state index in [-0.39, 0.29) is 32.6 Å². The summed E-state index contributed by atoms with van der Waals surface area (Å²) < 4.78 is 32.6. The molecule has 0 saturated heterocycles. The smallest absolute Gasteiger partial charge is 0.462 e. The molecule has 0 aromatic rings. The molecule has 10 nitrogen and oxygen atoms in total. The molecular weight excluding hydrogens is 705 g/mol. The van der Waals surface area contributed by atoms with Gasteiger partial charge < -0.3 is 25.2 Å². The van der Waals surface area contributed by atoms with Crippen LogP contribution in [0.5, 0.6) is 0 Å². The summed E-state index contributed by atoms with van der Waals surface area (Å²) in [4.78, 5) is 34.8. The molecule has 0 amide bonds. The van der Waals surface area contributed by atoms with E-state index in [2.05, 4.69) is 31.2 Å². The summed E-state index contributed by atoms with van der Waals surface area (Å²) in [6.45, 7) is 3.38. The van der Waals surface area contributed by atoms with Gasteiger partial charge in [-0.3, -0.25) is 18.6 Å². The molecule has 0 aliphatic carbocycles. The van der Waals surface area contributed by atoms with Gasteiger partial charge in [-0.15, -0.1) is 0 Å². The van der Waals surface area contributed by atoms with Gasteiger partial charge in [-0.2, -0.15) is 0 Å². The van der Waals surface area contributed by atoms with Gasteiger partial charge in [0.2, 0.25) is 0 Å². The molecule has 0 fully saturated rings. The summed E-state index contributed by atoms with van der Waals surface area (Å²) in [7, 11) is -4.41. The third kappa shape index (κ3) is 37.7. The van der Waals surface area contributed by atoms with E-state index in [1.165, 1.54) is 44.9 Å². The Bertz CT molecular complexity index is 1130. The van der Waals surface area contributed by atoms with Gasteiger partial charge in [-0.25, -0.2) is 4.57 Å². The second-order valence-electron chi connectivity index (χ2n) is 13.3. The fourth-order valence-corrected chi connectivity index (χ4v) is 5.86. The SMILES string of the molecule is CC/C=C\C(O)C/C=C/C=C\C/C=C\C/C=C\CCCC(=O)O[C@H](COC(=O)CCCCCCC/C=C\CCCCCCCC)COP(=O)(O)OCCN. The maximum absolute atomic E-state index is 12.5. The van der Waals surface area contributed by atoms with Crippen molar-refractivity contribution in [2.24, 2.45) is 5.73 Å². The van der Waals surface area contributed by atoms with Crippen molar-refractivity contribution in [2.75, 3.05) is 26.4 Å². The first-order chi connectivity index (χ1) is 26.2. The van der Waals surface area contributed by atoms with Crippen LogP contribution in [0.1, 0.15) is 149 Å². The summed E-state index contributed by atoms with van der Waals surface area (Å²) in [5, 5.41) is 9.75. The number of carbonyl (C=O) groups is 2. The van der Waals surface area contributed by atoms with E-state index in [4.69, 9.17) is 24.3 Å². The number of hydrogen-bond donors (Lipinski definition) is 3. The molecule has 2 unspecified atom stereocenters. The van der Waals surface area contributed by atoms with Crippen molar-refractivity contribution in [2.45, 2.75) is 161 Å². The number of hydrogen-bond acceptors (Lipinski definition) is 9. The molecule has 0 aliphatic heterocycles. The first-order valence-electron chi connectivity index (χ1n) is 20.5. The van der Waals surface area contributed by atoms with E-state index in [1.54, 1.807) is 0 Å². The predicted molar refractivity (Wildman–Crippen MR) is 221 cm³/mol. The van der Waals surface area contributed by atoms with Gasteiger partial charge in [0, 0.05) is 19.4 Å². The molecular formula is C43H74NO9P. The lowest BCUT2D eigenvalue weighted by atomic mass is 10.1. The van der Waals surface area contributed by atoms with Gasteiger partial charge >= 0.3 is 19.8 Å². The number of phosphoric acid groups is 1. The van der Waals surface area contributed by atoms with Crippen molar-refractivity contribution < 1.29 is 42.7 Å². The van der Waals surface area contributed by atoms with Gasteiger partial charge in [-0.05, 0) is 70.6 Å². The lowest BCUT2D eigenvalue weighted by Gasteiger charge is -2.19. The second kappa shape index (κ2) is 38.7. The monoisotopic (exact) mass is 780 g/mol. The van der Waals surface area contributed by atoms with Crippen molar-refractivity contribution in [1.29, 1.82) is 0 Å². The molecule has 3 atom stereocenters. The molecule has 0 radical (unpaired) electrons. The molecule has 310 valence electrons. The lowest BCUT2D eigenvalue weighted by Crippen LogP contribution is -2.29. The molecule has 0 bridgehead atoms. The minimum absolute atomic E-state index is 0.0328. The molecule has 4 N–H and O–H groups in total. The van der Waals surface area contributed by atoms with Gasteiger partial charge in [0.15, 0.2) is 6.10 Å². The molecule has 0 saturated carbocycles. The van der Waals surface area contributed by atoms with E-state index >= 15 is 0 Å². The van der Waals surface area contributed by atoms with E-state index in [0.717, 1.165) is 51.4 Å². The van der Waals surface area contributed by atoms with E-state index < -0.39 is 38.6 Å². The lowest BCUT2D eigenvalue weighted by molar-refractivity contribution is -0.161. The van der Waals surface area contributed by atoms with E-state index in [9.17, 15) is 24.2 Å². The third-order valence-corrected chi connectivity index (χ3v) is 9.14. The van der Waals surface area contributed by atoms with Crippen LogP contribution in [0, 0.1) is 0 Å². The van der Waals surface area contributed by atoms with Crippen molar-refractivity contribution in [3.8, 4) is 0 Å². The Kier molecular flexibility index (Phi) is 36.8. The first-order valence-corrected chi connectivity index (χ1v) is 22.0. The number of nitrogens with two attached hydrogens (primary N) is 1. The average molecular weight is 780 g/mol. The number of carbonyl (C=O) groups excluding carboxylic acids is 2. The van der Waals surface area contributed by atoms with Crippen molar-refractivity contribution in [1.82, 2.24) is 0 Å². The fraction of sp³-hybridized carbons (Fsp3) is 0.674. The molecule has 0 rings (SSSR count). The Labute approximate surface area is 327 Å². The molecule has 0 aliphatic rings. The molecule has 0 spiro atoms. The Morgan fingerprint density at radius 1 is 0.667 bits per heavy atom. The average Bonchev–Trinajstić information content (AvgIpc) is 3.15. The number of unbranched alkanes of at least 4 members (excludes halogenated alkanes) is 12. The number of rotatable bonds is 37.